The molecule has 0 N–H and O–H groups in total. The van der Waals surface area contributed by atoms with Crippen LogP contribution in [0.4, 0.5) is 5.82 Å². The summed E-state index contributed by atoms with van der Waals surface area (Å²) in [6.07, 6.45) is 4.07. The van der Waals surface area contributed by atoms with Crippen molar-refractivity contribution in [3.63, 3.8) is 0 Å². The summed E-state index contributed by atoms with van der Waals surface area (Å²) >= 11 is 0. The minimum atomic E-state index is -0.305. The average molecular weight is 262 g/mol. The lowest BCUT2D eigenvalue weighted by molar-refractivity contribution is 0.0600. The quantitative estimate of drug-likeness (QED) is 0.786. The number of piperidine rings is 1. The average Bonchev–Trinajstić information content (AvgIpc) is 2.46. The van der Waals surface area contributed by atoms with Crippen LogP contribution in [0.1, 0.15) is 37.0 Å². The first-order valence-electron chi connectivity index (χ1n) is 6.91. The first-order valence-corrected chi connectivity index (χ1v) is 6.91. The molecule has 1 aromatic rings. The van der Waals surface area contributed by atoms with Gasteiger partial charge in [-0.05, 0) is 36.8 Å². The van der Waals surface area contributed by atoms with E-state index >= 15 is 0 Å². The van der Waals surface area contributed by atoms with Gasteiger partial charge in [0, 0.05) is 19.3 Å². The summed E-state index contributed by atoms with van der Waals surface area (Å²) < 4.78 is 4.74. The predicted octanol–water partition coefficient (Wildman–Crippen LogP) is 2.74. The van der Waals surface area contributed by atoms with E-state index < -0.39 is 0 Å². The molecule has 1 fully saturated rings. The number of esters is 1. The maximum atomic E-state index is 11.5. The molecule has 2 rings (SSSR count). The second kappa shape index (κ2) is 6.04. The van der Waals surface area contributed by atoms with Crippen molar-refractivity contribution in [3.05, 3.63) is 23.9 Å². The highest BCUT2D eigenvalue weighted by atomic mass is 16.5. The van der Waals surface area contributed by atoms with Gasteiger partial charge in [-0.25, -0.2) is 9.78 Å². The Kier molecular flexibility index (Phi) is 4.40. The maximum Gasteiger partial charge on any atom is 0.338 e. The zero-order chi connectivity index (χ0) is 13.8. The van der Waals surface area contributed by atoms with Gasteiger partial charge in [-0.1, -0.05) is 13.8 Å². The minimum absolute atomic E-state index is 0.305. The molecular weight excluding hydrogens is 240 g/mol. The van der Waals surface area contributed by atoms with Gasteiger partial charge in [-0.3, -0.25) is 0 Å². The molecule has 1 saturated heterocycles. The number of aromatic nitrogens is 1. The normalized spacial score (nSPS) is 16.7. The molecule has 0 radical (unpaired) electrons. The molecule has 1 aliphatic heterocycles. The molecule has 0 amide bonds. The van der Waals surface area contributed by atoms with Crippen molar-refractivity contribution in [2.24, 2.45) is 11.8 Å². The second-order valence-electron chi connectivity index (χ2n) is 5.46. The minimum Gasteiger partial charge on any atom is -0.465 e. The number of methoxy groups -OCH3 is 1. The highest BCUT2D eigenvalue weighted by Crippen LogP contribution is 2.27. The highest BCUT2D eigenvalue weighted by molar-refractivity contribution is 5.90. The Bertz CT molecular complexity index is 438. The van der Waals surface area contributed by atoms with Crippen LogP contribution < -0.4 is 4.90 Å². The lowest BCUT2D eigenvalue weighted by Gasteiger charge is -2.34. The number of ether oxygens (including phenoxy) is 1. The Morgan fingerprint density at radius 2 is 2.11 bits per heavy atom. The summed E-state index contributed by atoms with van der Waals surface area (Å²) in [5, 5.41) is 0. The first-order chi connectivity index (χ1) is 9.11. The Hall–Kier alpha value is -1.58. The zero-order valence-electron chi connectivity index (χ0n) is 11.9. The molecular formula is C15H22N2O2. The van der Waals surface area contributed by atoms with Crippen LogP contribution in [-0.2, 0) is 4.74 Å². The van der Waals surface area contributed by atoms with Gasteiger partial charge in [0.15, 0.2) is 0 Å². The van der Waals surface area contributed by atoms with E-state index in [-0.39, 0.29) is 5.97 Å². The number of nitrogens with zero attached hydrogens (tertiary/aromatic N) is 2. The maximum absolute atomic E-state index is 11.5. The molecule has 0 bridgehead atoms. The van der Waals surface area contributed by atoms with Crippen LogP contribution in [-0.4, -0.2) is 31.2 Å². The summed E-state index contributed by atoms with van der Waals surface area (Å²) in [5.74, 6) is 2.13. The van der Waals surface area contributed by atoms with Crippen molar-refractivity contribution < 1.29 is 9.53 Å². The van der Waals surface area contributed by atoms with E-state index in [2.05, 4.69) is 23.7 Å². The van der Waals surface area contributed by atoms with E-state index in [0.29, 0.717) is 5.56 Å². The largest absolute Gasteiger partial charge is 0.465 e. The molecule has 19 heavy (non-hydrogen) atoms. The van der Waals surface area contributed by atoms with Crippen molar-refractivity contribution in [1.29, 1.82) is 0 Å². The topological polar surface area (TPSA) is 42.4 Å². The number of pyridine rings is 1. The molecule has 0 atom stereocenters. The standard InChI is InChI=1S/C15H22N2O2/c1-11(2)12-5-8-17(9-6-12)14-10-13(4-7-16-14)15(18)19-3/h4,7,10-12H,5-6,8-9H2,1-3H3. The van der Waals surface area contributed by atoms with E-state index in [1.165, 1.54) is 20.0 Å². The third kappa shape index (κ3) is 3.25. The summed E-state index contributed by atoms with van der Waals surface area (Å²) in [6, 6.07) is 3.51. The Morgan fingerprint density at radius 3 is 2.68 bits per heavy atom. The zero-order valence-corrected chi connectivity index (χ0v) is 11.9. The number of hydrogen-bond acceptors (Lipinski definition) is 4. The second-order valence-corrected chi connectivity index (χ2v) is 5.46. The lowest BCUT2D eigenvalue weighted by Crippen LogP contribution is -2.35. The summed E-state index contributed by atoms with van der Waals surface area (Å²) in [6.45, 7) is 6.61. The molecule has 0 aliphatic carbocycles. The molecule has 0 saturated carbocycles. The van der Waals surface area contributed by atoms with Crippen LogP contribution in [0.2, 0.25) is 0 Å². The Balaban J connectivity index is 2.05. The first kappa shape index (κ1) is 13.8. The van der Waals surface area contributed by atoms with Gasteiger partial charge < -0.3 is 9.64 Å². The van der Waals surface area contributed by atoms with Crippen molar-refractivity contribution in [2.45, 2.75) is 26.7 Å². The smallest absolute Gasteiger partial charge is 0.338 e. The molecule has 0 aromatic carbocycles. The van der Waals surface area contributed by atoms with Gasteiger partial charge in [0.2, 0.25) is 0 Å². The molecule has 0 spiro atoms. The van der Waals surface area contributed by atoms with E-state index in [1.807, 2.05) is 6.07 Å². The number of anilines is 1. The van der Waals surface area contributed by atoms with Gasteiger partial charge >= 0.3 is 5.97 Å². The van der Waals surface area contributed by atoms with E-state index in [4.69, 9.17) is 4.74 Å². The van der Waals surface area contributed by atoms with Crippen LogP contribution in [0.3, 0.4) is 0 Å². The van der Waals surface area contributed by atoms with Crippen molar-refractivity contribution in [1.82, 2.24) is 4.98 Å². The van der Waals surface area contributed by atoms with Gasteiger partial charge in [0.05, 0.1) is 12.7 Å². The summed E-state index contributed by atoms with van der Waals surface area (Å²) in [7, 11) is 1.40. The monoisotopic (exact) mass is 262 g/mol. The molecule has 0 unspecified atom stereocenters. The molecule has 1 aromatic heterocycles. The van der Waals surface area contributed by atoms with Crippen LogP contribution in [0, 0.1) is 11.8 Å². The van der Waals surface area contributed by atoms with Gasteiger partial charge in [-0.15, -0.1) is 0 Å². The number of carbonyl (C=O) groups excluding carboxylic acids is 1. The number of hydrogen-bond donors (Lipinski definition) is 0. The van der Waals surface area contributed by atoms with Crippen LogP contribution >= 0.6 is 0 Å². The van der Waals surface area contributed by atoms with Gasteiger partial charge in [0.25, 0.3) is 0 Å². The van der Waals surface area contributed by atoms with E-state index in [1.54, 1.807) is 12.3 Å². The Labute approximate surface area is 114 Å². The molecule has 1 aliphatic rings. The fourth-order valence-corrected chi connectivity index (χ4v) is 2.63. The van der Waals surface area contributed by atoms with Crippen LogP contribution in [0.15, 0.2) is 18.3 Å². The predicted molar refractivity (Wildman–Crippen MR) is 75.4 cm³/mol. The van der Waals surface area contributed by atoms with Gasteiger partial charge in [-0.2, -0.15) is 0 Å². The fraction of sp³-hybridized carbons (Fsp3) is 0.600. The third-order valence-corrected chi connectivity index (χ3v) is 3.97. The molecule has 4 heteroatoms. The summed E-state index contributed by atoms with van der Waals surface area (Å²) in [5.41, 5.74) is 0.568. The molecule has 4 nitrogen and oxygen atoms in total. The van der Waals surface area contributed by atoms with E-state index in [0.717, 1.165) is 30.7 Å². The highest BCUT2D eigenvalue weighted by Gasteiger charge is 2.22. The Morgan fingerprint density at radius 1 is 1.42 bits per heavy atom. The van der Waals surface area contributed by atoms with Crippen LogP contribution in [0.25, 0.3) is 0 Å². The van der Waals surface area contributed by atoms with Crippen molar-refractivity contribution >= 4 is 11.8 Å². The summed E-state index contributed by atoms with van der Waals surface area (Å²) in [4.78, 5) is 18.1. The van der Waals surface area contributed by atoms with Crippen molar-refractivity contribution in [3.8, 4) is 0 Å². The number of carbonyl (C=O) groups is 1. The number of rotatable bonds is 3. The molecule has 104 valence electrons. The third-order valence-electron chi connectivity index (χ3n) is 3.97. The SMILES string of the molecule is COC(=O)c1ccnc(N2CCC(C(C)C)CC2)c1. The van der Waals surface area contributed by atoms with Gasteiger partial charge in [0.1, 0.15) is 5.82 Å². The van der Waals surface area contributed by atoms with Crippen LogP contribution in [0.5, 0.6) is 0 Å². The lowest BCUT2D eigenvalue weighted by atomic mass is 9.87. The fourth-order valence-electron chi connectivity index (χ4n) is 2.63. The molecule has 2 heterocycles. The van der Waals surface area contributed by atoms with E-state index in [9.17, 15) is 4.79 Å². The van der Waals surface area contributed by atoms with Crippen molar-refractivity contribution in [2.75, 3.05) is 25.1 Å².